The highest BCUT2D eigenvalue weighted by atomic mass is 127. The third kappa shape index (κ3) is 5.76. The van der Waals surface area contributed by atoms with Crippen LogP contribution in [0.4, 0.5) is 0 Å². The molecule has 0 saturated carbocycles. The molecule has 7 nitrogen and oxygen atoms in total. The number of halogens is 1. The number of hydrogen-bond donors (Lipinski definition) is 1. The van der Waals surface area contributed by atoms with E-state index >= 15 is 0 Å². The van der Waals surface area contributed by atoms with Crippen LogP contribution in [0.1, 0.15) is 25.6 Å². The fraction of sp³-hybridized carbons (Fsp3) is 0.800. The summed E-state index contributed by atoms with van der Waals surface area (Å²) in [7, 11) is 5.74. The molecule has 1 fully saturated rings. The van der Waals surface area contributed by atoms with Gasteiger partial charge in [0.25, 0.3) is 0 Å². The van der Waals surface area contributed by atoms with Gasteiger partial charge in [-0.15, -0.1) is 24.0 Å². The third-order valence-electron chi connectivity index (χ3n) is 4.18. The Labute approximate surface area is 166 Å². The molecule has 0 radical (unpaired) electrons. The molecule has 1 aliphatic rings. The van der Waals surface area contributed by atoms with Gasteiger partial charge < -0.3 is 15.0 Å². The van der Waals surface area contributed by atoms with Gasteiger partial charge in [0.2, 0.25) is 0 Å². The fourth-order valence-electron chi connectivity index (χ4n) is 2.80. The third-order valence-corrected chi connectivity index (χ3v) is 5.63. The Bertz CT molecular complexity index is 512. The van der Waals surface area contributed by atoms with Gasteiger partial charge in [-0.1, -0.05) is 6.92 Å². The van der Waals surface area contributed by atoms with Gasteiger partial charge >= 0.3 is 0 Å². The molecule has 1 aromatic rings. The predicted octanol–water partition coefficient (Wildman–Crippen LogP) is 1.74. The SMILES string of the molecule is CCSC1(CNC(=NC)N(C)Cc2ncnn2C)CCOCC1.I. The lowest BCUT2D eigenvalue weighted by Gasteiger charge is -2.37. The van der Waals surface area contributed by atoms with Crippen LogP contribution in [0.25, 0.3) is 0 Å². The van der Waals surface area contributed by atoms with Gasteiger partial charge in [-0.25, -0.2) is 4.98 Å². The first kappa shape index (κ1) is 21.5. The standard InChI is InChI=1S/C15H28N6OS.HI/c1-5-23-15(6-8-22-9-7-15)11-17-14(16-2)20(3)10-13-18-12-19-21(13)4;/h12H,5-11H2,1-4H3,(H,16,17);1H. The zero-order valence-corrected chi connectivity index (χ0v) is 18.1. The summed E-state index contributed by atoms with van der Waals surface area (Å²) in [5, 5.41) is 7.65. The molecule has 0 bridgehead atoms. The van der Waals surface area contributed by atoms with Crippen LogP contribution < -0.4 is 5.32 Å². The Morgan fingerprint density at radius 3 is 2.75 bits per heavy atom. The molecule has 2 rings (SSSR count). The van der Waals surface area contributed by atoms with E-state index in [1.807, 2.05) is 32.9 Å². The molecule has 138 valence electrons. The Morgan fingerprint density at radius 2 is 2.21 bits per heavy atom. The second-order valence-corrected chi connectivity index (χ2v) is 7.52. The van der Waals surface area contributed by atoms with Crippen LogP contribution >= 0.6 is 35.7 Å². The van der Waals surface area contributed by atoms with Gasteiger partial charge in [-0.05, 0) is 18.6 Å². The Hall–Kier alpha value is -0.550. The van der Waals surface area contributed by atoms with Crippen molar-refractivity contribution in [3.8, 4) is 0 Å². The smallest absolute Gasteiger partial charge is 0.193 e. The largest absolute Gasteiger partial charge is 0.381 e. The molecule has 1 aromatic heterocycles. The lowest BCUT2D eigenvalue weighted by Crippen LogP contribution is -2.48. The van der Waals surface area contributed by atoms with Crippen molar-refractivity contribution in [2.45, 2.75) is 31.1 Å². The Kier molecular flexibility index (Phi) is 9.35. The van der Waals surface area contributed by atoms with Crippen molar-refractivity contribution in [3.63, 3.8) is 0 Å². The summed E-state index contributed by atoms with van der Waals surface area (Å²) in [5.74, 6) is 2.92. The van der Waals surface area contributed by atoms with E-state index in [-0.39, 0.29) is 28.7 Å². The topological polar surface area (TPSA) is 67.6 Å². The molecule has 24 heavy (non-hydrogen) atoms. The normalized spacial score (nSPS) is 17.2. The van der Waals surface area contributed by atoms with Crippen molar-refractivity contribution in [1.29, 1.82) is 0 Å². The van der Waals surface area contributed by atoms with E-state index in [2.05, 4.69) is 32.2 Å². The second-order valence-electron chi connectivity index (χ2n) is 5.79. The van der Waals surface area contributed by atoms with Gasteiger partial charge in [-0.2, -0.15) is 16.9 Å². The second kappa shape index (κ2) is 10.4. The number of guanidine groups is 1. The highest BCUT2D eigenvalue weighted by molar-refractivity contribution is 14.0. The van der Waals surface area contributed by atoms with Crippen LogP contribution in [-0.4, -0.2) is 70.0 Å². The number of rotatable bonds is 6. The first-order valence-electron chi connectivity index (χ1n) is 8.06. The number of aliphatic imine (C=N–C) groups is 1. The monoisotopic (exact) mass is 468 g/mol. The molecule has 1 aliphatic heterocycles. The quantitative estimate of drug-likeness (QED) is 0.390. The first-order chi connectivity index (χ1) is 11.1. The van der Waals surface area contributed by atoms with Gasteiger partial charge in [0.15, 0.2) is 5.96 Å². The predicted molar refractivity (Wildman–Crippen MR) is 110 cm³/mol. The molecule has 0 aromatic carbocycles. The highest BCUT2D eigenvalue weighted by Crippen LogP contribution is 2.34. The van der Waals surface area contributed by atoms with Crippen molar-refractivity contribution in [3.05, 3.63) is 12.2 Å². The molecule has 1 N–H and O–H groups in total. The molecule has 1 saturated heterocycles. The lowest BCUT2D eigenvalue weighted by molar-refractivity contribution is 0.0780. The molecule has 0 spiro atoms. The van der Waals surface area contributed by atoms with E-state index in [1.54, 1.807) is 11.0 Å². The van der Waals surface area contributed by atoms with Gasteiger partial charge in [0.05, 0.1) is 6.54 Å². The van der Waals surface area contributed by atoms with E-state index < -0.39 is 0 Å². The van der Waals surface area contributed by atoms with Crippen LogP contribution in [0, 0.1) is 0 Å². The first-order valence-corrected chi connectivity index (χ1v) is 9.05. The maximum atomic E-state index is 5.54. The number of hydrogen-bond acceptors (Lipinski definition) is 5. The number of ether oxygens (including phenoxy) is 1. The minimum absolute atomic E-state index is 0. The number of nitrogens with zero attached hydrogens (tertiary/aromatic N) is 5. The van der Waals surface area contributed by atoms with E-state index in [0.29, 0.717) is 6.54 Å². The summed E-state index contributed by atoms with van der Waals surface area (Å²) in [5.41, 5.74) is 0. The molecule has 2 heterocycles. The summed E-state index contributed by atoms with van der Waals surface area (Å²) in [6.07, 6.45) is 3.75. The maximum absolute atomic E-state index is 5.54. The summed E-state index contributed by atoms with van der Waals surface area (Å²) < 4.78 is 7.57. The van der Waals surface area contributed by atoms with Gasteiger partial charge in [-0.3, -0.25) is 9.67 Å². The molecule has 0 aliphatic carbocycles. The highest BCUT2D eigenvalue weighted by Gasteiger charge is 2.33. The van der Waals surface area contributed by atoms with Crippen LogP contribution in [0.15, 0.2) is 11.3 Å². The molecule has 0 amide bonds. The molecular weight excluding hydrogens is 439 g/mol. The van der Waals surface area contributed by atoms with E-state index in [0.717, 1.165) is 50.1 Å². The van der Waals surface area contributed by atoms with Crippen molar-refractivity contribution >= 4 is 41.7 Å². The van der Waals surface area contributed by atoms with Crippen molar-refractivity contribution < 1.29 is 4.74 Å². The maximum Gasteiger partial charge on any atom is 0.193 e. The van der Waals surface area contributed by atoms with Crippen LogP contribution in [0.3, 0.4) is 0 Å². The average molecular weight is 468 g/mol. The van der Waals surface area contributed by atoms with Crippen LogP contribution in [0.2, 0.25) is 0 Å². The summed E-state index contributed by atoms with van der Waals surface area (Å²) >= 11 is 2.03. The van der Waals surface area contributed by atoms with Gasteiger partial charge in [0.1, 0.15) is 12.2 Å². The van der Waals surface area contributed by atoms with E-state index in [9.17, 15) is 0 Å². The van der Waals surface area contributed by atoms with Crippen LogP contribution in [-0.2, 0) is 18.3 Å². The summed E-state index contributed by atoms with van der Waals surface area (Å²) in [4.78, 5) is 10.8. The molecule has 0 atom stereocenters. The molecule has 0 unspecified atom stereocenters. The number of aryl methyl sites for hydroxylation is 1. The Morgan fingerprint density at radius 1 is 1.50 bits per heavy atom. The van der Waals surface area contributed by atoms with Crippen molar-refractivity contribution in [2.24, 2.45) is 12.0 Å². The average Bonchev–Trinajstić information content (AvgIpc) is 2.94. The summed E-state index contributed by atoms with van der Waals surface area (Å²) in [6, 6.07) is 0. The number of aromatic nitrogens is 3. The van der Waals surface area contributed by atoms with Crippen molar-refractivity contribution in [1.82, 2.24) is 25.0 Å². The minimum atomic E-state index is 0. The zero-order valence-electron chi connectivity index (χ0n) is 15.0. The zero-order chi connectivity index (χ0) is 16.7. The minimum Gasteiger partial charge on any atom is -0.381 e. The number of nitrogens with one attached hydrogen (secondary N) is 1. The van der Waals surface area contributed by atoms with Crippen LogP contribution in [0.5, 0.6) is 0 Å². The number of thioether (sulfide) groups is 1. The lowest BCUT2D eigenvalue weighted by atomic mass is 9.99. The van der Waals surface area contributed by atoms with Gasteiger partial charge in [0, 0.05) is 45.6 Å². The van der Waals surface area contributed by atoms with Crippen molar-refractivity contribution in [2.75, 3.05) is 39.6 Å². The molecular formula is C15H29IN6OS. The van der Waals surface area contributed by atoms with E-state index in [4.69, 9.17) is 4.74 Å². The van der Waals surface area contributed by atoms with E-state index in [1.165, 1.54) is 0 Å². The summed E-state index contributed by atoms with van der Waals surface area (Å²) in [6.45, 7) is 5.50. The Balaban J connectivity index is 0.00000288. The fourth-order valence-corrected chi connectivity index (χ4v) is 4.04. The molecule has 9 heteroatoms.